The lowest BCUT2D eigenvalue weighted by Crippen LogP contribution is -2.10. The number of rotatable bonds is 4. The van der Waals surface area contributed by atoms with Crippen LogP contribution in [0.1, 0.15) is 0 Å². The minimum atomic E-state index is 0.895. The first-order chi connectivity index (χ1) is 24.7. The van der Waals surface area contributed by atoms with Gasteiger partial charge in [0.25, 0.3) is 0 Å². The molecule has 0 saturated heterocycles. The van der Waals surface area contributed by atoms with Gasteiger partial charge >= 0.3 is 0 Å². The second kappa shape index (κ2) is 10.5. The number of hydrogen-bond donors (Lipinski definition) is 0. The molecule has 11 aromatic rings. The Labute approximate surface area is 290 Å². The Morgan fingerprint density at radius 1 is 0.440 bits per heavy atom. The van der Waals surface area contributed by atoms with E-state index in [-0.39, 0.29) is 0 Å². The van der Waals surface area contributed by atoms with Crippen molar-refractivity contribution in [2.45, 2.75) is 0 Å². The summed E-state index contributed by atoms with van der Waals surface area (Å²) >= 11 is 1.72. The number of thiazole rings is 1. The third-order valence-electron chi connectivity index (χ3n) is 9.87. The van der Waals surface area contributed by atoms with Crippen molar-refractivity contribution in [1.82, 2.24) is 4.98 Å². The molecule has 0 aliphatic rings. The van der Waals surface area contributed by atoms with Crippen LogP contribution in [0.25, 0.3) is 86.2 Å². The van der Waals surface area contributed by atoms with Crippen LogP contribution in [-0.2, 0) is 0 Å². The average Bonchev–Trinajstić information content (AvgIpc) is 3.89. The highest BCUT2D eigenvalue weighted by molar-refractivity contribution is 7.21. The van der Waals surface area contributed by atoms with Crippen LogP contribution < -0.4 is 4.90 Å². The van der Waals surface area contributed by atoms with Crippen molar-refractivity contribution in [3.8, 4) is 10.6 Å². The molecule has 0 saturated carbocycles. The summed E-state index contributed by atoms with van der Waals surface area (Å²) in [5, 5.41) is 9.93. The highest BCUT2D eigenvalue weighted by atomic mass is 32.1. The third kappa shape index (κ3) is 4.14. The van der Waals surface area contributed by atoms with Gasteiger partial charge in [-0.05, 0) is 95.7 Å². The zero-order chi connectivity index (χ0) is 32.8. The van der Waals surface area contributed by atoms with Crippen LogP contribution in [0.2, 0.25) is 0 Å². The van der Waals surface area contributed by atoms with Crippen molar-refractivity contribution in [1.29, 1.82) is 0 Å². The Morgan fingerprint density at radius 2 is 0.960 bits per heavy atom. The monoisotopic (exact) mass is 658 g/mol. The van der Waals surface area contributed by atoms with Crippen molar-refractivity contribution in [2.24, 2.45) is 0 Å². The maximum absolute atomic E-state index is 6.50. The SMILES string of the molecule is c1ccc2sc(-c3ccc(N(c4ccc5ccc6c7ccccc7oc6c5c4)c4ccc5ccc6c7ccccc7oc6c5c4)cc3)nc2c1. The highest BCUT2D eigenvalue weighted by Crippen LogP contribution is 2.43. The van der Waals surface area contributed by atoms with E-state index < -0.39 is 0 Å². The fraction of sp³-hybridized carbons (Fsp3) is 0. The third-order valence-corrected chi connectivity index (χ3v) is 11.0. The van der Waals surface area contributed by atoms with E-state index in [4.69, 9.17) is 13.8 Å². The molecule has 0 bridgehead atoms. The summed E-state index contributed by atoms with van der Waals surface area (Å²) in [5.74, 6) is 0. The summed E-state index contributed by atoms with van der Waals surface area (Å²) in [5.41, 5.74) is 8.84. The van der Waals surface area contributed by atoms with Gasteiger partial charge < -0.3 is 13.7 Å². The molecule has 0 aliphatic carbocycles. The van der Waals surface area contributed by atoms with Gasteiger partial charge in [0.15, 0.2) is 0 Å². The van der Waals surface area contributed by atoms with Crippen LogP contribution in [0.4, 0.5) is 17.1 Å². The number of benzene rings is 8. The molecule has 0 fully saturated rings. The van der Waals surface area contributed by atoms with Crippen LogP contribution in [0.3, 0.4) is 0 Å². The molecular formula is C45H26N2O2S. The van der Waals surface area contributed by atoms with E-state index in [2.05, 4.69) is 132 Å². The summed E-state index contributed by atoms with van der Waals surface area (Å²) in [7, 11) is 0. The van der Waals surface area contributed by atoms with Crippen LogP contribution >= 0.6 is 11.3 Å². The van der Waals surface area contributed by atoms with Crippen LogP contribution in [0.5, 0.6) is 0 Å². The van der Waals surface area contributed by atoms with Crippen molar-refractivity contribution < 1.29 is 8.83 Å². The lowest BCUT2D eigenvalue weighted by Gasteiger charge is -2.26. The number of hydrogen-bond acceptors (Lipinski definition) is 5. The van der Waals surface area contributed by atoms with E-state index in [0.29, 0.717) is 0 Å². The molecule has 5 heteroatoms. The first-order valence-corrected chi connectivity index (χ1v) is 17.5. The number of furan rings is 2. The summed E-state index contributed by atoms with van der Waals surface area (Å²) in [6.45, 7) is 0. The molecule has 0 unspecified atom stereocenters. The summed E-state index contributed by atoms with van der Waals surface area (Å²) in [4.78, 5) is 7.24. The van der Waals surface area contributed by atoms with Gasteiger partial charge in [-0.1, -0.05) is 72.8 Å². The second-order valence-corrected chi connectivity index (χ2v) is 13.8. The Morgan fingerprint density at radius 3 is 1.56 bits per heavy atom. The number of anilines is 3. The number of fused-ring (bicyclic) bond motifs is 11. The Bertz CT molecular complexity index is 2930. The van der Waals surface area contributed by atoms with Gasteiger partial charge in [-0.25, -0.2) is 4.98 Å². The number of para-hydroxylation sites is 3. The Balaban J connectivity index is 1.13. The van der Waals surface area contributed by atoms with Crippen LogP contribution in [0.15, 0.2) is 167 Å². The van der Waals surface area contributed by atoms with Gasteiger partial charge in [0.2, 0.25) is 0 Å². The molecule has 3 heterocycles. The first-order valence-electron chi connectivity index (χ1n) is 16.7. The Kier molecular flexibility index (Phi) is 5.80. The molecule has 11 rings (SSSR count). The lowest BCUT2D eigenvalue weighted by molar-refractivity contribution is 0.672. The average molecular weight is 659 g/mol. The largest absolute Gasteiger partial charge is 0.455 e. The predicted molar refractivity (Wildman–Crippen MR) is 209 cm³/mol. The summed E-state index contributed by atoms with van der Waals surface area (Å²) in [6, 6.07) is 55.6. The van der Waals surface area contributed by atoms with E-state index in [1.54, 1.807) is 11.3 Å². The fourth-order valence-corrected chi connectivity index (χ4v) is 8.43. The second-order valence-electron chi connectivity index (χ2n) is 12.8. The minimum absolute atomic E-state index is 0.895. The van der Waals surface area contributed by atoms with E-state index in [9.17, 15) is 0 Å². The van der Waals surface area contributed by atoms with E-state index in [1.165, 1.54) is 4.70 Å². The molecule has 0 aliphatic heterocycles. The topological polar surface area (TPSA) is 42.4 Å². The molecular weight excluding hydrogens is 633 g/mol. The summed E-state index contributed by atoms with van der Waals surface area (Å²) < 4.78 is 14.2. The fourth-order valence-electron chi connectivity index (χ4n) is 7.45. The van der Waals surface area contributed by atoms with Crippen LogP contribution in [-0.4, -0.2) is 4.98 Å². The zero-order valence-electron chi connectivity index (χ0n) is 26.6. The van der Waals surface area contributed by atoms with E-state index in [0.717, 1.165) is 98.6 Å². The number of nitrogens with zero attached hydrogens (tertiary/aromatic N) is 2. The number of aromatic nitrogens is 1. The maximum atomic E-state index is 6.50. The quantitative estimate of drug-likeness (QED) is 0.189. The Hall–Kier alpha value is -6.43. The molecule has 0 amide bonds. The molecule has 0 spiro atoms. The van der Waals surface area contributed by atoms with Gasteiger partial charge in [0.1, 0.15) is 27.3 Å². The minimum Gasteiger partial charge on any atom is -0.455 e. The summed E-state index contributed by atoms with van der Waals surface area (Å²) in [6.07, 6.45) is 0. The normalized spacial score (nSPS) is 12.0. The molecule has 4 nitrogen and oxygen atoms in total. The smallest absolute Gasteiger partial charge is 0.143 e. The highest BCUT2D eigenvalue weighted by Gasteiger charge is 2.19. The van der Waals surface area contributed by atoms with Crippen molar-refractivity contribution in [3.05, 3.63) is 158 Å². The molecule has 234 valence electrons. The first kappa shape index (κ1) is 27.5. The van der Waals surface area contributed by atoms with E-state index in [1.807, 2.05) is 30.3 Å². The van der Waals surface area contributed by atoms with Gasteiger partial charge in [0, 0.05) is 54.9 Å². The molecule has 0 radical (unpaired) electrons. The predicted octanol–water partition coefficient (Wildman–Crippen LogP) is 13.5. The van der Waals surface area contributed by atoms with Crippen molar-refractivity contribution >= 4 is 104 Å². The molecule has 50 heavy (non-hydrogen) atoms. The van der Waals surface area contributed by atoms with Gasteiger partial charge in [-0.15, -0.1) is 11.3 Å². The van der Waals surface area contributed by atoms with Gasteiger partial charge in [-0.2, -0.15) is 0 Å². The van der Waals surface area contributed by atoms with Gasteiger partial charge in [-0.3, -0.25) is 0 Å². The van der Waals surface area contributed by atoms with Crippen molar-refractivity contribution in [2.75, 3.05) is 4.90 Å². The zero-order valence-corrected chi connectivity index (χ0v) is 27.4. The molecule has 8 aromatic carbocycles. The standard InChI is InChI=1S/C45H26N2O2S/c1-4-10-40-33(7-1)35-23-17-27-13-21-31(25-37(27)43(35)48-40)47(30-19-15-29(16-20-30)45-46-39-9-3-6-12-42(39)50-45)32-22-14-28-18-24-36-34-8-2-5-11-41(34)49-44(36)38(28)26-32/h1-26H. The van der Waals surface area contributed by atoms with Crippen LogP contribution in [0, 0.1) is 0 Å². The molecule has 0 N–H and O–H groups in total. The molecule has 3 aromatic heterocycles. The lowest BCUT2D eigenvalue weighted by atomic mass is 10.0. The van der Waals surface area contributed by atoms with E-state index >= 15 is 0 Å². The van der Waals surface area contributed by atoms with Gasteiger partial charge in [0.05, 0.1) is 10.2 Å². The molecule has 0 atom stereocenters. The maximum Gasteiger partial charge on any atom is 0.143 e. The van der Waals surface area contributed by atoms with Crippen molar-refractivity contribution in [3.63, 3.8) is 0 Å².